The number of hydrogen-bond donors (Lipinski definition) is 1. The molecule has 0 aliphatic carbocycles. The van der Waals surface area contributed by atoms with E-state index in [1.165, 1.54) is 0 Å². The van der Waals surface area contributed by atoms with Crippen LogP contribution < -0.4 is 19.7 Å². The third-order valence-corrected chi connectivity index (χ3v) is 4.48. The van der Waals surface area contributed by atoms with Crippen LogP contribution in [0, 0.1) is 5.92 Å². The lowest BCUT2D eigenvalue weighted by Crippen LogP contribution is -2.24. The lowest BCUT2D eigenvalue weighted by molar-refractivity contribution is -0.117. The van der Waals surface area contributed by atoms with Crippen molar-refractivity contribution in [2.75, 3.05) is 30.5 Å². The van der Waals surface area contributed by atoms with E-state index in [9.17, 15) is 9.59 Å². The Balaban J connectivity index is 1.77. The van der Waals surface area contributed by atoms with Crippen LogP contribution in [0.5, 0.6) is 11.5 Å². The average molecular weight is 382 g/mol. The Bertz CT molecular complexity index is 863. The van der Waals surface area contributed by atoms with Crippen molar-refractivity contribution in [2.45, 2.75) is 26.7 Å². The first-order valence-electron chi connectivity index (χ1n) is 9.50. The Hall–Kier alpha value is -3.02. The minimum Gasteiger partial charge on any atom is -0.495 e. The number of carbonyl (C=O) groups excluding carboxylic acids is 2. The standard InChI is InChI=1S/C22H26N2O4/c1-15(2)14-28-18-7-4-6-16(12-18)22(26)23-17-9-10-20(27-3)19(13-17)24-11-5-8-21(24)25/h4,6-7,9-10,12-13,15H,5,8,11,14H2,1-3H3,(H,23,26). The van der Waals surface area contributed by atoms with Gasteiger partial charge in [-0.2, -0.15) is 0 Å². The molecular weight excluding hydrogens is 356 g/mol. The van der Waals surface area contributed by atoms with Gasteiger partial charge in [-0.25, -0.2) is 0 Å². The normalized spacial score (nSPS) is 13.7. The topological polar surface area (TPSA) is 67.9 Å². The maximum absolute atomic E-state index is 12.7. The van der Waals surface area contributed by atoms with Crippen molar-refractivity contribution >= 4 is 23.2 Å². The molecule has 3 rings (SSSR count). The number of ether oxygens (including phenoxy) is 2. The summed E-state index contributed by atoms with van der Waals surface area (Å²) in [6.07, 6.45) is 1.35. The summed E-state index contributed by atoms with van der Waals surface area (Å²) in [5.74, 6) is 1.51. The molecule has 28 heavy (non-hydrogen) atoms. The maximum atomic E-state index is 12.7. The maximum Gasteiger partial charge on any atom is 0.255 e. The van der Waals surface area contributed by atoms with E-state index in [0.29, 0.717) is 53.9 Å². The van der Waals surface area contributed by atoms with Crippen LogP contribution in [-0.4, -0.2) is 32.1 Å². The van der Waals surface area contributed by atoms with E-state index in [1.807, 2.05) is 6.07 Å². The number of methoxy groups -OCH3 is 1. The van der Waals surface area contributed by atoms with Crippen LogP contribution in [0.15, 0.2) is 42.5 Å². The lowest BCUT2D eigenvalue weighted by atomic mass is 10.2. The average Bonchev–Trinajstić information content (AvgIpc) is 3.12. The molecule has 0 radical (unpaired) electrons. The first-order valence-corrected chi connectivity index (χ1v) is 9.50. The van der Waals surface area contributed by atoms with Crippen molar-refractivity contribution in [2.24, 2.45) is 5.92 Å². The Morgan fingerprint density at radius 2 is 2.04 bits per heavy atom. The summed E-state index contributed by atoms with van der Waals surface area (Å²) < 4.78 is 11.1. The molecule has 0 unspecified atom stereocenters. The first kappa shape index (κ1) is 19.7. The van der Waals surface area contributed by atoms with Crippen molar-refractivity contribution in [1.29, 1.82) is 0 Å². The van der Waals surface area contributed by atoms with Gasteiger partial charge in [-0.05, 0) is 48.7 Å². The molecular formula is C22H26N2O4. The largest absolute Gasteiger partial charge is 0.495 e. The number of anilines is 2. The zero-order valence-electron chi connectivity index (χ0n) is 16.5. The highest BCUT2D eigenvalue weighted by molar-refractivity contribution is 6.05. The van der Waals surface area contributed by atoms with Crippen LogP contribution in [0.2, 0.25) is 0 Å². The highest BCUT2D eigenvalue weighted by Crippen LogP contribution is 2.34. The molecule has 0 atom stereocenters. The molecule has 6 heteroatoms. The Morgan fingerprint density at radius 1 is 1.21 bits per heavy atom. The third kappa shape index (κ3) is 4.63. The van der Waals surface area contributed by atoms with Gasteiger partial charge in [0, 0.05) is 24.2 Å². The van der Waals surface area contributed by atoms with E-state index >= 15 is 0 Å². The van der Waals surface area contributed by atoms with E-state index in [2.05, 4.69) is 19.2 Å². The van der Waals surface area contributed by atoms with Crippen molar-refractivity contribution in [3.05, 3.63) is 48.0 Å². The zero-order chi connectivity index (χ0) is 20.1. The second-order valence-corrected chi connectivity index (χ2v) is 7.22. The van der Waals surface area contributed by atoms with Crippen molar-refractivity contribution in [1.82, 2.24) is 0 Å². The number of rotatable bonds is 7. The van der Waals surface area contributed by atoms with Crippen molar-refractivity contribution < 1.29 is 19.1 Å². The van der Waals surface area contributed by atoms with Gasteiger partial charge in [0.25, 0.3) is 5.91 Å². The molecule has 1 saturated heterocycles. The summed E-state index contributed by atoms with van der Waals surface area (Å²) in [5, 5.41) is 2.89. The van der Waals surface area contributed by atoms with Gasteiger partial charge < -0.3 is 19.7 Å². The quantitative estimate of drug-likeness (QED) is 0.783. The monoisotopic (exact) mass is 382 g/mol. The van der Waals surface area contributed by atoms with E-state index in [-0.39, 0.29) is 11.8 Å². The molecule has 1 fully saturated rings. The van der Waals surface area contributed by atoms with Crippen LogP contribution in [0.1, 0.15) is 37.0 Å². The molecule has 1 aliphatic heterocycles. The Kier molecular flexibility index (Phi) is 6.19. The SMILES string of the molecule is COc1ccc(NC(=O)c2cccc(OCC(C)C)c2)cc1N1CCCC1=O. The van der Waals surface area contributed by atoms with Crippen LogP contribution in [-0.2, 0) is 4.79 Å². The van der Waals surface area contributed by atoms with Gasteiger partial charge in [0.1, 0.15) is 11.5 Å². The summed E-state index contributed by atoms with van der Waals surface area (Å²) in [6.45, 7) is 5.39. The van der Waals surface area contributed by atoms with Crippen LogP contribution in [0.3, 0.4) is 0 Å². The summed E-state index contributed by atoms with van der Waals surface area (Å²) in [7, 11) is 1.57. The van der Waals surface area contributed by atoms with E-state index in [4.69, 9.17) is 9.47 Å². The molecule has 2 amide bonds. The second-order valence-electron chi connectivity index (χ2n) is 7.22. The van der Waals surface area contributed by atoms with Gasteiger partial charge in [0.15, 0.2) is 0 Å². The number of amides is 2. The van der Waals surface area contributed by atoms with E-state index in [0.717, 1.165) is 6.42 Å². The molecule has 0 aromatic heterocycles. The molecule has 0 spiro atoms. The minimum absolute atomic E-state index is 0.0665. The molecule has 1 aliphatic rings. The molecule has 2 aromatic rings. The van der Waals surface area contributed by atoms with Crippen LogP contribution >= 0.6 is 0 Å². The predicted octanol–water partition coefficient (Wildman–Crippen LogP) is 4.11. The van der Waals surface area contributed by atoms with E-state index in [1.54, 1.807) is 48.4 Å². The van der Waals surface area contributed by atoms with Gasteiger partial charge in [-0.3, -0.25) is 9.59 Å². The number of nitrogens with zero attached hydrogens (tertiary/aromatic N) is 1. The summed E-state index contributed by atoms with van der Waals surface area (Å²) in [6, 6.07) is 12.4. The minimum atomic E-state index is -0.237. The van der Waals surface area contributed by atoms with Gasteiger partial charge in [0.2, 0.25) is 5.91 Å². The number of nitrogens with one attached hydrogen (secondary N) is 1. The van der Waals surface area contributed by atoms with Gasteiger partial charge in [0.05, 0.1) is 19.4 Å². The second kappa shape index (κ2) is 8.78. The molecule has 0 saturated carbocycles. The first-order chi connectivity index (χ1) is 13.5. The summed E-state index contributed by atoms with van der Waals surface area (Å²) >= 11 is 0. The number of carbonyl (C=O) groups is 2. The smallest absolute Gasteiger partial charge is 0.255 e. The van der Waals surface area contributed by atoms with E-state index < -0.39 is 0 Å². The van der Waals surface area contributed by atoms with Crippen molar-refractivity contribution in [3.63, 3.8) is 0 Å². The number of hydrogen-bond acceptors (Lipinski definition) is 4. The third-order valence-electron chi connectivity index (χ3n) is 4.48. The molecule has 0 bridgehead atoms. The van der Waals surface area contributed by atoms with Crippen molar-refractivity contribution in [3.8, 4) is 11.5 Å². The van der Waals surface area contributed by atoms with Gasteiger partial charge >= 0.3 is 0 Å². The molecule has 6 nitrogen and oxygen atoms in total. The zero-order valence-corrected chi connectivity index (χ0v) is 16.5. The fraction of sp³-hybridized carbons (Fsp3) is 0.364. The van der Waals surface area contributed by atoms with Crippen LogP contribution in [0.4, 0.5) is 11.4 Å². The molecule has 2 aromatic carbocycles. The Morgan fingerprint density at radius 3 is 2.71 bits per heavy atom. The number of benzene rings is 2. The predicted molar refractivity (Wildman–Crippen MR) is 109 cm³/mol. The molecule has 1 N–H and O–H groups in total. The highest BCUT2D eigenvalue weighted by Gasteiger charge is 2.25. The molecule has 1 heterocycles. The van der Waals surface area contributed by atoms with Crippen LogP contribution in [0.25, 0.3) is 0 Å². The van der Waals surface area contributed by atoms with Gasteiger partial charge in [-0.15, -0.1) is 0 Å². The highest BCUT2D eigenvalue weighted by atomic mass is 16.5. The fourth-order valence-corrected chi connectivity index (χ4v) is 3.07. The van der Waals surface area contributed by atoms with Gasteiger partial charge in [-0.1, -0.05) is 19.9 Å². The molecule has 148 valence electrons. The Labute approximate surface area is 165 Å². The summed E-state index contributed by atoms with van der Waals surface area (Å²) in [4.78, 5) is 26.5. The fourth-order valence-electron chi connectivity index (χ4n) is 3.07. The summed E-state index contributed by atoms with van der Waals surface area (Å²) in [5.41, 5.74) is 1.79. The lowest BCUT2D eigenvalue weighted by Gasteiger charge is -2.20.